The second-order valence-corrected chi connectivity index (χ2v) is 3.60. The van der Waals surface area contributed by atoms with Crippen molar-refractivity contribution in [2.24, 2.45) is 11.8 Å². The van der Waals surface area contributed by atoms with Crippen LogP contribution in [0.1, 0.15) is 25.5 Å². The van der Waals surface area contributed by atoms with E-state index in [2.05, 4.69) is 16.9 Å². The van der Waals surface area contributed by atoms with Gasteiger partial charge in [-0.2, -0.15) is 0 Å². The van der Waals surface area contributed by atoms with E-state index in [1.807, 2.05) is 6.20 Å². The van der Waals surface area contributed by atoms with E-state index < -0.39 is 0 Å². The normalized spacial score (nSPS) is 20.1. The molecule has 0 aromatic carbocycles. The molecule has 1 fully saturated rings. The number of hydrogen-bond acceptors (Lipinski definition) is 1. The first kappa shape index (κ1) is 6.89. The Kier molecular flexibility index (Phi) is 1.68. The topological polar surface area (TPSA) is 28.7 Å². The Bertz CT molecular complexity index is 211. The Hall–Kier alpha value is -0.790. The fourth-order valence-corrected chi connectivity index (χ4v) is 1.58. The lowest BCUT2D eigenvalue weighted by molar-refractivity contribution is 0.502. The fraction of sp³-hybridized carbons (Fsp3) is 0.667. The zero-order valence-electron chi connectivity index (χ0n) is 6.88. The van der Waals surface area contributed by atoms with Crippen LogP contribution in [0.4, 0.5) is 0 Å². The molecule has 0 amide bonds. The summed E-state index contributed by atoms with van der Waals surface area (Å²) in [5, 5.41) is 0. The van der Waals surface area contributed by atoms with Crippen LogP contribution in [-0.4, -0.2) is 9.97 Å². The number of aromatic amines is 1. The van der Waals surface area contributed by atoms with E-state index in [-0.39, 0.29) is 0 Å². The summed E-state index contributed by atoms with van der Waals surface area (Å²) in [5.74, 6) is 1.84. The van der Waals surface area contributed by atoms with E-state index in [4.69, 9.17) is 0 Å². The van der Waals surface area contributed by atoms with Gasteiger partial charge < -0.3 is 4.98 Å². The van der Waals surface area contributed by atoms with Crippen molar-refractivity contribution in [2.75, 3.05) is 0 Å². The van der Waals surface area contributed by atoms with Crippen LogP contribution in [0, 0.1) is 11.8 Å². The lowest BCUT2D eigenvalue weighted by Crippen LogP contribution is -2.01. The summed E-state index contributed by atoms with van der Waals surface area (Å²) < 4.78 is 0. The van der Waals surface area contributed by atoms with E-state index in [0.29, 0.717) is 0 Å². The van der Waals surface area contributed by atoms with Gasteiger partial charge in [-0.05, 0) is 31.1 Å². The lowest BCUT2D eigenvalue weighted by Gasteiger charge is -2.06. The van der Waals surface area contributed by atoms with Crippen LogP contribution in [0.15, 0.2) is 12.5 Å². The highest BCUT2D eigenvalue weighted by molar-refractivity contribution is 4.97. The number of hydrogen-bond donors (Lipinski definition) is 1. The Balaban J connectivity index is 1.89. The summed E-state index contributed by atoms with van der Waals surface area (Å²) in [5.41, 5.74) is 1.28. The molecule has 0 bridgehead atoms. The maximum absolute atomic E-state index is 4.00. The van der Waals surface area contributed by atoms with Gasteiger partial charge in [0.15, 0.2) is 0 Å². The van der Waals surface area contributed by atoms with Gasteiger partial charge in [0.25, 0.3) is 0 Å². The molecule has 1 heterocycles. The van der Waals surface area contributed by atoms with Crippen LogP contribution < -0.4 is 0 Å². The van der Waals surface area contributed by atoms with Crippen molar-refractivity contribution in [3.05, 3.63) is 18.2 Å². The van der Waals surface area contributed by atoms with E-state index >= 15 is 0 Å². The molecule has 1 N–H and O–H groups in total. The van der Waals surface area contributed by atoms with Crippen molar-refractivity contribution in [3.8, 4) is 0 Å². The van der Waals surface area contributed by atoms with Crippen LogP contribution in [-0.2, 0) is 6.42 Å². The molecule has 0 spiro atoms. The Morgan fingerprint density at radius 2 is 2.55 bits per heavy atom. The summed E-state index contributed by atoms with van der Waals surface area (Å²) >= 11 is 0. The standard InChI is InChI=1S/C9H14N2/c1-7(8-2-3-8)4-9-5-10-6-11-9/h5-8H,2-4H2,1H3,(H,10,11). The molecule has 60 valence electrons. The maximum atomic E-state index is 4.00. The molecule has 11 heavy (non-hydrogen) atoms. The van der Waals surface area contributed by atoms with E-state index in [1.54, 1.807) is 6.33 Å². The highest BCUT2D eigenvalue weighted by Gasteiger charge is 2.27. The summed E-state index contributed by atoms with van der Waals surface area (Å²) in [4.78, 5) is 7.14. The minimum atomic E-state index is 0.843. The highest BCUT2D eigenvalue weighted by Crippen LogP contribution is 2.37. The SMILES string of the molecule is CC(Cc1cnc[nH]1)C1CC1. The molecule has 1 aromatic rings. The minimum absolute atomic E-state index is 0.843. The van der Waals surface area contributed by atoms with Gasteiger partial charge in [0, 0.05) is 11.9 Å². The van der Waals surface area contributed by atoms with Crippen molar-refractivity contribution in [1.29, 1.82) is 0 Å². The smallest absolute Gasteiger partial charge is 0.0921 e. The average molecular weight is 150 g/mol. The first-order valence-corrected chi connectivity index (χ1v) is 4.33. The van der Waals surface area contributed by atoms with Crippen molar-refractivity contribution in [3.63, 3.8) is 0 Å². The third-order valence-corrected chi connectivity index (χ3v) is 2.52. The Morgan fingerprint density at radius 3 is 3.09 bits per heavy atom. The summed E-state index contributed by atoms with van der Waals surface area (Å²) in [7, 11) is 0. The van der Waals surface area contributed by atoms with E-state index in [0.717, 1.165) is 11.8 Å². The number of nitrogens with one attached hydrogen (secondary N) is 1. The molecular formula is C9H14N2. The molecule has 1 unspecified atom stereocenters. The first-order chi connectivity index (χ1) is 5.36. The molecule has 1 aromatic heterocycles. The molecule has 0 saturated heterocycles. The molecule has 1 aliphatic rings. The molecular weight excluding hydrogens is 136 g/mol. The monoisotopic (exact) mass is 150 g/mol. The predicted octanol–water partition coefficient (Wildman–Crippen LogP) is 2.00. The number of rotatable bonds is 3. The third kappa shape index (κ3) is 1.62. The second-order valence-electron chi connectivity index (χ2n) is 3.60. The van der Waals surface area contributed by atoms with Gasteiger partial charge >= 0.3 is 0 Å². The highest BCUT2D eigenvalue weighted by atomic mass is 14.9. The first-order valence-electron chi connectivity index (χ1n) is 4.33. The Morgan fingerprint density at radius 1 is 1.73 bits per heavy atom. The van der Waals surface area contributed by atoms with Gasteiger partial charge in [-0.3, -0.25) is 0 Å². The second kappa shape index (κ2) is 2.68. The summed E-state index contributed by atoms with van der Waals surface area (Å²) in [6.45, 7) is 2.33. The van der Waals surface area contributed by atoms with Gasteiger partial charge in [-0.25, -0.2) is 4.98 Å². The summed E-state index contributed by atoms with van der Waals surface area (Å²) in [6, 6.07) is 0. The molecule has 1 atom stereocenters. The number of imidazole rings is 1. The molecule has 0 radical (unpaired) electrons. The molecule has 0 aliphatic heterocycles. The molecule has 2 nitrogen and oxygen atoms in total. The average Bonchev–Trinajstić information content (AvgIpc) is 2.73. The van der Waals surface area contributed by atoms with E-state index in [1.165, 1.54) is 25.0 Å². The number of H-pyrrole nitrogens is 1. The van der Waals surface area contributed by atoms with Crippen LogP contribution in [0.25, 0.3) is 0 Å². The zero-order valence-corrected chi connectivity index (χ0v) is 6.88. The van der Waals surface area contributed by atoms with Crippen molar-refractivity contribution >= 4 is 0 Å². The minimum Gasteiger partial charge on any atom is -0.348 e. The van der Waals surface area contributed by atoms with Crippen LogP contribution in [0.5, 0.6) is 0 Å². The van der Waals surface area contributed by atoms with Gasteiger partial charge in [0.1, 0.15) is 0 Å². The van der Waals surface area contributed by atoms with E-state index in [9.17, 15) is 0 Å². The molecule has 1 aliphatic carbocycles. The zero-order chi connectivity index (χ0) is 7.68. The summed E-state index contributed by atoms with van der Waals surface area (Å²) in [6.07, 6.45) is 7.74. The fourth-order valence-electron chi connectivity index (χ4n) is 1.58. The van der Waals surface area contributed by atoms with Gasteiger partial charge in [0.05, 0.1) is 6.33 Å². The molecule has 2 heteroatoms. The van der Waals surface area contributed by atoms with Crippen molar-refractivity contribution in [1.82, 2.24) is 9.97 Å². The number of nitrogens with zero attached hydrogens (tertiary/aromatic N) is 1. The number of aromatic nitrogens is 2. The van der Waals surface area contributed by atoms with Crippen molar-refractivity contribution in [2.45, 2.75) is 26.2 Å². The third-order valence-electron chi connectivity index (χ3n) is 2.52. The predicted molar refractivity (Wildman–Crippen MR) is 44.2 cm³/mol. The lowest BCUT2D eigenvalue weighted by atomic mass is 10.0. The largest absolute Gasteiger partial charge is 0.348 e. The van der Waals surface area contributed by atoms with Gasteiger partial charge in [0.2, 0.25) is 0 Å². The van der Waals surface area contributed by atoms with Crippen LogP contribution >= 0.6 is 0 Å². The molecule has 2 rings (SSSR count). The van der Waals surface area contributed by atoms with Crippen LogP contribution in [0.2, 0.25) is 0 Å². The molecule has 1 saturated carbocycles. The van der Waals surface area contributed by atoms with Crippen molar-refractivity contribution < 1.29 is 0 Å². The Labute approximate surface area is 67.0 Å². The van der Waals surface area contributed by atoms with Crippen LogP contribution in [0.3, 0.4) is 0 Å². The maximum Gasteiger partial charge on any atom is 0.0921 e. The van der Waals surface area contributed by atoms with Gasteiger partial charge in [-0.15, -0.1) is 0 Å². The quantitative estimate of drug-likeness (QED) is 0.701. The van der Waals surface area contributed by atoms with Gasteiger partial charge in [-0.1, -0.05) is 6.92 Å².